The Labute approximate surface area is 129 Å². The van der Waals surface area contributed by atoms with Crippen LogP contribution in [0.25, 0.3) is 0 Å². The van der Waals surface area contributed by atoms with Gasteiger partial charge in [-0.3, -0.25) is 0 Å². The molecule has 2 rings (SSSR count). The van der Waals surface area contributed by atoms with E-state index in [9.17, 15) is 4.39 Å². The molecule has 1 heterocycles. The van der Waals surface area contributed by atoms with E-state index in [0.29, 0.717) is 16.7 Å². The number of hydrogen-bond acceptors (Lipinski definition) is 2. The molecule has 1 saturated heterocycles. The molecule has 0 unspecified atom stereocenters. The Bertz CT molecular complexity index is 483. The van der Waals surface area contributed by atoms with Gasteiger partial charge in [-0.2, -0.15) is 0 Å². The zero-order chi connectivity index (χ0) is 14.5. The van der Waals surface area contributed by atoms with Gasteiger partial charge in [0.2, 0.25) is 0 Å². The summed E-state index contributed by atoms with van der Waals surface area (Å²) >= 11 is 11.0. The number of nitrogens with zero attached hydrogens (tertiary/aromatic N) is 1. The van der Waals surface area contributed by atoms with Crippen molar-refractivity contribution >= 4 is 34.6 Å². The lowest BCUT2D eigenvalue weighted by atomic mass is 9.99. The van der Waals surface area contributed by atoms with E-state index in [1.54, 1.807) is 6.07 Å². The molecule has 0 aromatic heterocycles. The second-order valence-electron chi connectivity index (χ2n) is 5.23. The van der Waals surface area contributed by atoms with Gasteiger partial charge >= 0.3 is 0 Å². The van der Waals surface area contributed by atoms with Crippen LogP contribution in [0.15, 0.2) is 18.2 Å². The highest BCUT2D eigenvalue weighted by atomic mass is 35.5. The van der Waals surface area contributed by atoms with Crippen LogP contribution in [0.3, 0.4) is 0 Å². The fourth-order valence-corrected chi connectivity index (χ4v) is 2.81. The highest BCUT2D eigenvalue weighted by Gasteiger charge is 2.17. The number of piperidine rings is 1. The smallest absolute Gasteiger partial charge is 0.170 e. The number of anilines is 1. The topological polar surface area (TPSA) is 27.3 Å². The average Bonchev–Trinajstić information content (AvgIpc) is 2.41. The lowest BCUT2D eigenvalue weighted by Gasteiger charge is -2.30. The predicted octanol–water partition coefficient (Wildman–Crippen LogP) is 3.11. The second-order valence-corrected chi connectivity index (χ2v) is 6.05. The number of rotatable bonds is 3. The molecule has 110 valence electrons. The summed E-state index contributed by atoms with van der Waals surface area (Å²) in [6.07, 6.45) is 2.46. The molecule has 0 bridgehead atoms. The number of likely N-dealkylation sites (tertiary alicyclic amines) is 1. The summed E-state index contributed by atoms with van der Waals surface area (Å²) in [5.74, 6) is 0.187. The van der Waals surface area contributed by atoms with Crippen molar-refractivity contribution in [1.82, 2.24) is 10.2 Å². The van der Waals surface area contributed by atoms with Crippen LogP contribution in [0, 0.1) is 11.7 Å². The molecular formula is C14H19ClFN3S. The van der Waals surface area contributed by atoms with Gasteiger partial charge in [-0.05, 0) is 62.8 Å². The first-order chi connectivity index (χ1) is 9.54. The van der Waals surface area contributed by atoms with Gasteiger partial charge in [-0.25, -0.2) is 4.39 Å². The normalized spacial score (nSPS) is 19.6. The SMILES string of the molecule is CN1CCC[C@H](CNC(=S)Nc2ccc(F)c(Cl)c2)C1. The Kier molecular flexibility index (Phi) is 5.57. The quantitative estimate of drug-likeness (QED) is 0.838. The highest BCUT2D eigenvalue weighted by molar-refractivity contribution is 7.80. The van der Waals surface area contributed by atoms with Crippen LogP contribution in [0.5, 0.6) is 0 Å². The lowest BCUT2D eigenvalue weighted by molar-refractivity contribution is 0.211. The minimum absolute atomic E-state index is 0.0895. The lowest BCUT2D eigenvalue weighted by Crippen LogP contribution is -2.40. The van der Waals surface area contributed by atoms with Gasteiger partial charge in [0.25, 0.3) is 0 Å². The van der Waals surface area contributed by atoms with Crippen LogP contribution >= 0.6 is 23.8 Å². The van der Waals surface area contributed by atoms with E-state index >= 15 is 0 Å². The molecule has 0 spiro atoms. The van der Waals surface area contributed by atoms with Crippen LogP contribution in [0.2, 0.25) is 5.02 Å². The Morgan fingerprint density at radius 1 is 1.55 bits per heavy atom. The van der Waals surface area contributed by atoms with Crippen LogP contribution in [0.1, 0.15) is 12.8 Å². The number of halogens is 2. The molecule has 0 amide bonds. The number of thiocarbonyl (C=S) groups is 1. The minimum Gasteiger partial charge on any atom is -0.362 e. The van der Waals surface area contributed by atoms with Crippen molar-refractivity contribution in [3.8, 4) is 0 Å². The van der Waals surface area contributed by atoms with Crippen molar-refractivity contribution in [3.63, 3.8) is 0 Å². The number of hydrogen-bond donors (Lipinski definition) is 2. The molecule has 20 heavy (non-hydrogen) atoms. The van der Waals surface area contributed by atoms with Crippen LogP contribution in [0.4, 0.5) is 10.1 Å². The van der Waals surface area contributed by atoms with E-state index in [4.69, 9.17) is 23.8 Å². The van der Waals surface area contributed by atoms with E-state index in [1.807, 2.05) is 0 Å². The average molecular weight is 316 g/mol. The molecule has 0 radical (unpaired) electrons. The monoisotopic (exact) mass is 315 g/mol. The summed E-state index contributed by atoms with van der Waals surface area (Å²) in [4.78, 5) is 2.34. The largest absolute Gasteiger partial charge is 0.362 e. The van der Waals surface area contributed by atoms with E-state index in [2.05, 4.69) is 22.6 Å². The molecule has 1 aromatic rings. The van der Waals surface area contributed by atoms with E-state index in [0.717, 1.165) is 13.1 Å². The molecule has 1 fully saturated rings. The summed E-state index contributed by atoms with van der Waals surface area (Å²) in [5, 5.41) is 6.86. The zero-order valence-corrected chi connectivity index (χ0v) is 13.0. The maximum atomic E-state index is 13.1. The minimum atomic E-state index is -0.429. The van der Waals surface area contributed by atoms with Crippen molar-refractivity contribution < 1.29 is 4.39 Å². The van der Waals surface area contributed by atoms with Crippen molar-refractivity contribution in [3.05, 3.63) is 29.0 Å². The molecular weight excluding hydrogens is 297 g/mol. The van der Waals surface area contributed by atoms with Crippen molar-refractivity contribution in [2.45, 2.75) is 12.8 Å². The van der Waals surface area contributed by atoms with Crippen molar-refractivity contribution in [1.29, 1.82) is 0 Å². The molecule has 6 heteroatoms. The highest BCUT2D eigenvalue weighted by Crippen LogP contribution is 2.19. The van der Waals surface area contributed by atoms with Gasteiger partial charge in [0.15, 0.2) is 5.11 Å². The summed E-state index contributed by atoms with van der Waals surface area (Å²) in [7, 11) is 2.14. The third-order valence-electron chi connectivity index (χ3n) is 3.45. The predicted molar refractivity (Wildman–Crippen MR) is 85.9 cm³/mol. The molecule has 1 aliphatic heterocycles. The Morgan fingerprint density at radius 2 is 2.35 bits per heavy atom. The maximum Gasteiger partial charge on any atom is 0.170 e. The van der Waals surface area contributed by atoms with Gasteiger partial charge in [0.05, 0.1) is 5.02 Å². The van der Waals surface area contributed by atoms with Crippen LogP contribution in [-0.4, -0.2) is 36.7 Å². The fraction of sp³-hybridized carbons (Fsp3) is 0.500. The van der Waals surface area contributed by atoms with E-state index in [1.165, 1.54) is 31.5 Å². The molecule has 2 N–H and O–H groups in total. The first kappa shape index (κ1) is 15.5. The number of nitrogens with one attached hydrogen (secondary N) is 2. The molecule has 3 nitrogen and oxygen atoms in total. The fourth-order valence-electron chi connectivity index (χ4n) is 2.43. The third-order valence-corrected chi connectivity index (χ3v) is 3.99. The summed E-state index contributed by atoms with van der Waals surface area (Å²) < 4.78 is 13.1. The van der Waals surface area contributed by atoms with Gasteiger partial charge in [0.1, 0.15) is 5.82 Å². The molecule has 1 aliphatic rings. The third kappa shape index (κ3) is 4.58. The molecule has 0 saturated carbocycles. The van der Waals surface area contributed by atoms with Gasteiger partial charge in [-0.1, -0.05) is 11.6 Å². The Morgan fingerprint density at radius 3 is 3.05 bits per heavy atom. The maximum absolute atomic E-state index is 13.1. The van der Waals surface area contributed by atoms with Gasteiger partial charge in [-0.15, -0.1) is 0 Å². The number of benzene rings is 1. The van der Waals surface area contributed by atoms with Crippen molar-refractivity contribution in [2.24, 2.45) is 5.92 Å². The molecule has 1 atom stereocenters. The Balaban J connectivity index is 1.78. The van der Waals surface area contributed by atoms with Crippen LogP contribution < -0.4 is 10.6 Å². The molecule has 1 aromatic carbocycles. The first-order valence-corrected chi connectivity index (χ1v) is 7.51. The summed E-state index contributed by atoms with van der Waals surface area (Å²) in [6, 6.07) is 4.46. The van der Waals surface area contributed by atoms with E-state index < -0.39 is 5.82 Å². The molecule has 0 aliphatic carbocycles. The summed E-state index contributed by atoms with van der Waals surface area (Å²) in [5.41, 5.74) is 0.690. The Hall–Kier alpha value is -0.910. The van der Waals surface area contributed by atoms with Crippen LogP contribution in [-0.2, 0) is 0 Å². The standard InChI is InChI=1S/C14H19ClFN3S/c1-19-6-2-3-10(9-19)8-17-14(20)18-11-4-5-13(16)12(15)7-11/h4-5,7,10H,2-3,6,8-9H2,1H3,(H2,17,18,20)/t10-/m1/s1. The van der Waals surface area contributed by atoms with Crippen molar-refractivity contribution in [2.75, 3.05) is 32.0 Å². The zero-order valence-electron chi connectivity index (χ0n) is 11.5. The first-order valence-electron chi connectivity index (χ1n) is 6.73. The van der Waals surface area contributed by atoms with Gasteiger partial charge < -0.3 is 15.5 Å². The van der Waals surface area contributed by atoms with Gasteiger partial charge in [0, 0.05) is 18.8 Å². The van der Waals surface area contributed by atoms with E-state index in [-0.39, 0.29) is 5.02 Å². The summed E-state index contributed by atoms with van der Waals surface area (Å²) in [6.45, 7) is 3.12. The second kappa shape index (κ2) is 7.20.